The molecule has 0 spiro atoms. The summed E-state index contributed by atoms with van der Waals surface area (Å²) in [6.45, 7) is 2.05. The van der Waals surface area contributed by atoms with Crippen molar-refractivity contribution < 1.29 is 14.3 Å². The second-order valence-electron chi connectivity index (χ2n) is 9.58. The molecule has 3 aromatic rings. The summed E-state index contributed by atoms with van der Waals surface area (Å²) in [5.41, 5.74) is 5.07. The number of ketones is 1. The van der Waals surface area contributed by atoms with Crippen LogP contribution in [0.15, 0.2) is 95.3 Å². The van der Waals surface area contributed by atoms with Crippen LogP contribution in [0.3, 0.4) is 0 Å². The lowest BCUT2D eigenvalue weighted by Crippen LogP contribution is -2.36. The van der Waals surface area contributed by atoms with Crippen LogP contribution in [-0.2, 0) is 20.7 Å². The number of ether oxygens (including phenoxy) is 1. The monoisotopic (exact) mass is 565 g/mol. The van der Waals surface area contributed by atoms with Gasteiger partial charge in [0.2, 0.25) is 0 Å². The second-order valence-corrected chi connectivity index (χ2v) is 10.8. The number of hydrogen-bond donors (Lipinski definition) is 1. The van der Waals surface area contributed by atoms with Gasteiger partial charge in [-0.15, -0.1) is 0 Å². The third-order valence-corrected chi connectivity index (χ3v) is 8.23. The lowest BCUT2D eigenvalue weighted by Gasteiger charge is -2.37. The van der Waals surface area contributed by atoms with Crippen molar-refractivity contribution in [3.63, 3.8) is 0 Å². The van der Waals surface area contributed by atoms with Gasteiger partial charge in [0, 0.05) is 40.7 Å². The van der Waals surface area contributed by atoms with Crippen LogP contribution < -0.4 is 5.32 Å². The fourth-order valence-electron chi connectivity index (χ4n) is 5.32. The average molecular weight is 567 g/mol. The van der Waals surface area contributed by atoms with E-state index in [0.717, 1.165) is 16.8 Å². The fraction of sp³-hybridized carbons (Fsp3) is 0.226. The van der Waals surface area contributed by atoms with Gasteiger partial charge in [-0.1, -0.05) is 89.4 Å². The molecule has 1 N–H and O–H groups in total. The molecule has 1 aliphatic heterocycles. The molecule has 2 atom stereocenters. The van der Waals surface area contributed by atoms with Crippen molar-refractivity contribution in [2.24, 2.45) is 0 Å². The Morgan fingerprint density at radius 2 is 1.68 bits per heavy atom. The number of benzene rings is 3. The molecule has 1 heterocycles. The van der Waals surface area contributed by atoms with Crippen LogP contribution in [0.4, 0.5) is 0 Å². The number of esters is 1. The Labute approximate surface area is 237 Å². The number of nitrogens with one attached hydrogen (secondary N) is 1. The minimum absolute atomic E-state index is 0.00586. The van der Waals surface area contributed by atoms with E-state index in [0.29, 0.717) is 56.7 Å². The average Bonchev–Trinajstić information content (AvgIpc) is 2.90. The van der Waals surface area contributed by atoms with Gasteiger partial charge in [0.05, 0.1) is 22.2 Å². The fourth-order valence-corrected chi connectivity index (χ4v) is 5.86. The van der Waals surface area contributed by atoms with Crippen molar-refractivity contribution in [1.82, 2.24) is 5.32 Å². The summed E-state index contributed by atoms with van der Waals surface area (Å²) in [6.07, 6.45) is 1.52. The molecule has 0 bridgehead atoms. The molecule has 0 saturated heterocycles. The number of Topliss-reactive ketones (excluding diaryl/α,β-unsaturated/α-hetero) is 1. The topological polar surface area (TPSA) is 55.4 Å². The first kappa shape index (κ1) is 26.6. The molecule has 194 valence electrons. The van der Waals surface area contributed by atoms with Crippen molar-refractivity contribution in [2.45, 2.75) is 38.0 Å². The van der Waals surface area contributed by atoms with Gasteiger partial charge in [-0.25, -0.2) is 4.79 Å². The van der Waals surface area contributed by atoms with E-state index < -0.39 is 11.9 Å². The van der Waals surface area contributed by atoms with E-state index in [4.69, 9.17) is 39.5 Å². The van der Waals surface area contributed by atoms with Gasteiger partial charge in [0.1, 0.15) is 0 Å². The van der Waals surface area contributed by atoms with Crippen molar-refractivity contribution in [1.29, 1.82) is 0 Å². The maximum atomic E-state index is 13.8. The largest absolute Gasteiger partial charge is 0.462 e. The van der Waals surface area contributed by atoms with Crippen LogP contribution in [0.2, 0.25) is 15.1 Å². The van der Waals surface area contributed by atoms with Gasteiger partial charge in [-0.05, 0) is 54.2 Å². The predicted molar refractivity (Wildman–Crippen MR) is 152 cm³/mol. The first-order valence-corrected chi connectivity index (χ1v) is 13.6. The van der Waals surface area contributed by atoms with Gasteiger partial charge in [0.15, 0.2) is 5.78 Å². The Hall–Kier alpha value is -3.05. The van der Waals surface area contributed by atoms with Gasteiger partial charge in [-0.2, -0.15) is 0 Å². The standard InChI is InChI=1S/C31H26Cl3NO3/c1-18-27(31(37)38-15-14-19-6-3-2-4-7-19)28(23-8-5-9-24(33)30(23)34)29-25(35-18)16-21(17-26(29)36)20-10-12-22(32)13-11-20/h2-13,21,28,35H,14-17H2,1H3/t21-,28+/m1/s1. The summed E-state index contributed by atoms with van der Waals surface area (Å²) in [6, 6.07) is 22.7. The third kappa shape index (κ3) is 5.40. The number of hydrogen-bond acceptors (Lipinski definition) is 4. The molecule has 38 heavy (non-hydrogen) atoms. The third-order valence-electron chi connectivity index (χ3n) is 7.15. The number of dihydropyridines is 1. The highest BCUT2D eigenvalue weighted by atomic mass is 35.5. The van der Waals surface area contributed by atoms with Gasteiger partial charge in [-0.3, -0.25) is 4.79 Å². The number of carbonyl (C=O) groups is 2. The molecule has 4 nitrogen and oxygen atoms in total. The van der Waals surface area contributed by atoms with E-state index in [9.17, 15) is 9.59 Å². The molecule has 5 rings (SSSR count). The Kier molecular flexibility index (Phi) is 7.94. The SMILES string of the molecule is CC1=C(C(=O)OCCc2ccccc2)[C@H](c2cccc(Cl)c2Cl)C2=C(C[C@@H](c3ccc(Cl)cc3)CC2=O)N1. The van der Waals surface area contributed by atoms with Crippen molar-refractivity contribution in [3.05, 3.63) is 127 Å². The highest BCUT2D eigenvalue weighted by Gasteiger charge is 2.42. The molecule has 0 unspecified atom stereocenters. The zero-order valence-electron chi connectivity index (χ0n) is 20.8. The number of rotatable bonds is 6. The summed E-state index contributed by atoms with van der Waals surface area (Å²) in [4.78, 5) is 27.3. The molecule has 0 amide bonds. The maximum absolute atomic E-state index is 13.8. The lowest BCUT2D eigenvalue weighted by atomic mass is 9.71. The summed E-state index contributed by atoms with van der Waals surface area (Å²) < 4.78 is 5.74. The van der Waals surface area contributed by atoms with E-state index in [1.165, 1.54) is 0 Å². The molecule has 7 heteroatoms. The molecule has 1 aliphatic carbocycles. The summed E-state index contributed by atoms with van der Waals surface area (Å²) >= 11 is 19.1. The molecule has 0 saturated carbocycles. The minimum atomic E-state index is -0.680. The first-order valence-electron chi connectivity index (χ1n) is 12.5. The van der Waals surface area contributed by atoms with Crippen LogP contribution in [0.5, 0.6) is 0 Å². The molecular weight excluding hydrogens is 541 g/mol. The predicted octanol–water partition coefficient (Wildman–Crippen LogP) is 7.79. The molecule has 2 aliphatic rings. The van der Waals surface area contributed by atoms with Crippen LogP contribution in [0.25, 0.3) is 0 Å². The Balaban J connectivity index is 1.49. The number of allylic oxidation sites excluding steroid dienone is 3. The van der Waals surface area contributed by atoms with E-state index >= 15 is 0 Å². The minimum Gasteiger partial charge on any atom is -0.462 e. The van der Waals surface area contributed by atoms with Crippen molar-refractivity contribution >= 4 is 46.6 Å². The first-order chi connectivity index (χ1) is 18.3. The smallest absolute Gasteiger partial charge is 0.336 e. The highest BCUT2D eigenvalue weighted by Crippen LogP contribution is 2.48. The normalized spacial score (nSPS) is 19.2. The zero-order chi connectivity index (χ0) is 26.8. The summed E-state index contributed by atoms with van der Waals surface area (Å²) in [5.74, 6) is -1.21. The molecule has 0 radical (unpaired) electrons. The van der Waals surface area contributed by atoms with Crippen LogP contribution in [0, 0.1) is 0 Å². The molecule has 0 fully saturated rings. The Bertz CT molecular complexity index is 1440. The van der Waals surface area contributed by atoms with Crippen LogP contribution in [-0.4, -0.2) is 18.4 Å². The van der Waals surface area contributed by atoms with E-state index in [2.05, 4.69) is 5.32 Å². The number of halogens is 3. The summed E-state index contributed by atoms with van der Waals surface area (Å²) in [7, 11) is 0. The van der Waals surface area contributed by atoms with Gasteiger partial charge in [0.25, 0.3) is 0 Å². The maximum Gasteiger partial charge on any atom is 0.336 e. The summed E-state index contributed by atoms with van der Waals surface area (Å²) in [5, 5.41) is 4.70. The quantitative estimate of drug-likeness (QED) is 0.309. The molecular formula is C31H26Cl3NO3. The Morgan fingerprint density at radius 1 is 0.947 bits per heavy atom. The molecule has 0 aromatic heterocycles. The van der Waals surface area contributed by atoms with Crippen LogP contribution >= 0.6 is 34.8 Å². The lowest BCUT2D eigenvalue weighted by molar-refractivity contribution is -0.139. The van der Waals surface area contributed by atoms with Gasteiger partial charge < -0.3 is 10.1 Å². The van der Waals surface area contributed by atoms with E-state index in [1.807, 2.05) is 67.6 Å². The Morgan fingerprint density at radius 3 is 2.42 bits per heavy atom. The van der Waals surface area contributed by atoms with Crippen LogP contribution in [0.1, 0.15) is 48.3 Å². The molecule has 3 aromatic carbocycles. The van der Waals surface area contributed by atoms with E-state index in [1.54, 1.807) is 12.1 Å². The van der Waals surface area contributed by atoms with Gasteiger partial charge >= 0.3 is 5.97 Å². The van der Waals surface area contributed by atoms with E-state index in [-0.39, 0.29) is 18.3 Å². The number of carbonyl (C=O) groups excluding carboxylic acids is 2. The highest BCUT2D eigenvalue weighted by molar-refractivity contribution is 6.42. The zero-order valence-corrected chi connectivity index (χ0v) is 23.0. The van der Waals surface area contributed by atoms with Crippen molar-refractivity contribution in [2.75, 3.05) is 6.61 Å². The second kappa shape index (κ2) is 11.4. The van der Waals surface area contributed by atoms with Crippen molar-refractivity contribution in [3.8, 4) is 0 Å².